The lowest BCUT2D eigenvalue weighted by molar-refractivity contribution is 0.0828. The quantitative estimate of drug-likeness (QED) is 0.842. The molecule has 26 heavy (non-hydrogen) atoms. The Morgan fingerprint density at radius 3 is 2.77 bits per heavy atom. The van der Waals surface area contributed by atoms with Crippen molar-refractivity contribution >= 4 is 11.6 Å². The summed E-state index contributed by atoms with van der Waals surface area (Å²) >= 11 is 0. The maximum atomic E-state index is 12.7. The van der Waals surface area contributed by atoms with Crippen LogP contribution in [0, 0.1) is 30.1 Å². The van der Waals surface area contributed by atoms with Crippen molar-refractivity contribution in [1.29, 1.82) is 5.26 Å². The molecule has 1 aliphatic rings. The number of hydrogen-bond donors (Lipinski definition) is 2. The summed E-state index contributed by atoms with van der Waals surface area (Å²) in [6, 6.07) is 15.0. The number of carbonyl (C=O) groups excluding carboxylic acids is 1. The first-order valence-corrected chi connectivity index (χ1v) is 8.22. The Kier molecular flexibility index (Phi) is 5.22. The Labute approximate surface area is 152 Å². The van der Waals surface area contributed by atoms with Crippen molar-refractivity contribution in [2.75, 3.05) is 18.5 Å². The lowest BCUT2D eigenvalue weighted by atomic mass is 10.0. The number of amides is 1. The molecular formula is C21H18N4O. The molecule has 0 atom stereocenters. The molecule has 5 nitrogen and oxygen atoms in total. The van der Waals surface area contributed by atoms with Gasteiger partial charge in [-0.05, 0) is 42.8 Å². The fraction of sp³-hybridized carbons (Fsp3) is 0.143. The van der Waals surface area contributed by atoms with Gasteiger partial charge in [-0.2, -0.15) is 5.26 Å². The van der Waals surface area contributed by atoms with Crippen LogP contribution in [0.1, 0.15) is 27.0 Å². The first kappa shape index (κ1) is 17.1. The molecule has 2 N–H and O–H groups in total. The first-order valence-electron chi connectivity index (χ1n) is 8.22. The van der Waals surface area contributed by atoms with Crippen molar-refractivity contribution in [3.8, 4) is 17.9 Å². The van der Waals surface area contributed by atoms with Gasteiger partial charge in [0.2, 0.25) is 0 Å². The zero-order valence-electron chi connectivity index (χ0n) is 14.4. The first-order chi connectivity index (χ1) is 12.7. The standard InChI is InChI=1S/C21H18N4O/c1-16-4-2-5-18(20(16)21(26)25-13-12-23-15-25)6-3-11-24-19-9-7-17(14-22)8-10-19/h2,4-5,7-10,12-13,23-24H,11,15H2,1H3. The predicted octanol–water partition coefficient (Wildman–Crippen LogP) is 2.80. The van der Waals surface area contributed by atoms with E-state index in [0.717, 1.165) is 16.8 Å². The van der Waals surface area contributed by atoms with Crippen LogP contribution in [0.5, 0.6) is 0 Å². The number of aryl methyl sites for hydroxylation is 1. The van der Waals surface area contributed by atoms with Crippen molar-refractivity contribution in [3.05, 3.63) is 77.1 Å². The molecule has 0 unspecified atom stereocenters. The Morgan fingerprint density at radius 1 is 1.27 bits per heavy atom. The molecule has 1 heterocycles. The topological polar surface area (TPSA) is 68.2 Å². The summed E-state index contributed by atoms with van der Waals surface area (Å²) in [5, 5.41) is 15.0. The van der Waals surface area contributed by atoms with Gasteiger partial charge in [-0.1, -0.05) is 24.0 Å². The molecule has 5 heteroatoms. The fourth-order valence-electron chi connectivity index (χ4n) is 2.63. The van der Waals surface area contributed by atoms with Gasteiger partial charge in [0.05, 0.1) is 30.4 Å². The van der Waals surface area contributed by atoms with E-state index in [0.29, 0.717) is 24.3 Å². The molecule has 0 saturated carbocycles. The van der Waals surface area contributed by atoms with Crippen LogP contribution >= 0.6 is 0 Å². The highest BCUT2D eigenvalue weighted by atomic mass is 16.2. The van der Waals surface area contributed by atoms with Crippen molar-refractivity contribution in [2.45, 2.75) is 6.92 Å². The molecule has 0 aromatic heterocycles. The van der Waals surface area contributed by atoms with Gasteiger partial charge in [-0.25, -0.2) is 0 Å². The van der Waals surface area contributed by atoms with E-state index in [-0.39, 0.29) is 5.91 Å². The van der Waals surface area contributed by atoms with E-state index < -0.39 is 0 Å². The van der Waals surface area contributed by atoms with Crippen LogP contribution < -0.4 is 10.6 Å². The summed E-state index contributed by atoms with van der Waals surface area (Å²) in [7, 11) is 0. The monoisotopic (exact) mass is 342 g/mol. The Morgan fingerprint density at radius 2 is 2.08 bits per heavy atom. The van der Waals surface area contributed by atoms with Crippen LogP contribution in [-0.2, 0) is 0 Å². The van der Waals surface area contributed by atoms with Gasteiger partial charge in [-0.15, -0.1) is 0 Å². The summed E-state index contributed by atoms with van der Waals surface area (Å²) in [6.07, 6.45) is 3.49. The second-order valence-corrected chi connectivity index (χ2v) is 5.79. The maximum Gasteiger partial charge on any atom is 0.260 e. The van der Waals surface area contributed by atoms with Gasteiger partial charge in [0.25, 0.3) is 5.91 Å². The SMILES string of the molecule is Cc1cccc(C#CCNc2ccc(C#N)cc2)c1C(=O)N1C=CNC1. The van der Waals surface area contributed by atoms with Crippen molar-refractivity contribution in [3.63, 3.8) is 0 Å². The molecule has 2 aromatic rings. The van der Waals surface area contributed by atoms with E-state index in [9.17, 15) is 4.79 Å². The van der Waals surface area contributed by atoms with E-state index in [1.165, 1.54) is 0 Å². The van der Waals surface area contributed by atoms with E-state index in [1.54, 1.807) is 29.4 Å². The van der Waals surface area contributed by atoms with Gasteiger partial charge in [0.1, 0.15) is 0 Å². The van der Waals surface area contributed by atoms with Crippen LogP contribution in [-0.4, -0.2) is 24.0 Å². The normalized spacial score (nSPS) is 11.9. The molecule has 0 radical (unpaired) electrons. The molecular weight excluding hydrogens is 324 g/mol. The number of hydrogen-bond acceptors (Lipinski definition) is 4. The van der Waals surface area contributed by atoms with Gasteiger partial charge in [0, 0.05) is 23.7 Å². The summed E-state index contributed by atoms with van der Waals surface area (Å²) < 4.78 is 0. The average molecular weight is 342 g/mol. The molecule has 2 aromatic carbocycles. The Hall–Kier alpha value is -3.70. The third-order valence-corrected chi connectivity index (χ3v) is 4.00. The van der Waals surface area contributed by atoms with Crippen molar-refractivity contribution < 1.29 is 4.79 Å². The zero-order valence-corrected chi connectivity index (χ0v) is 14.4. The minimum absolute atomic E-state index is 0.0614. The summed E-state index contributed by atoms with van der Waals surface area (Å²) in [5.41, 5.74) is 3.77. The minimum Gasteiger partial charge on any atom is -0.374 e. The molecule has 0 spiro atoms. The van der Waals surface area contributed by atoms with Crippen molar-refractivity contribution in [2.24, 2.45) is 0 Å². The van der Waals surface area contributed by atoms with Crippen LogP contribution in [0.4, 0.5) is 5.69 Å². The lowest BCUT2D eigenvalue weighted by Gasteiger charge is -2.15. The molecule has 1 amide bonds. The highest BCUT2D eigenvalue weighted by molar-refractivity contribution is 5.98. The largest absolute Gasteiger partial charge is 0.374 e. The van der Waals surface area contributed by atoms with E-state index in [4.69, 9.17) is 5.26 Å². The highest BCUT2D eigenvalue weighted by Crippen LogP contribution is 2.17. The minimum atomic E-state index is -0.0614. The summed E-state index contributed by atoms with van der Waals surface area (Å²) in [6.45, 7) is 2.83. The molecule has 0 fully saturated rings. The number of nitrogens with zero attached hydrogens (tertiary/aromatic N) is 2. The Balaban J connectivity index is 1.73. The number of carbonyl (C=O) groups is 1. The molecule has 0 saturated heterocycles. The molecule has 1 aliphatic heterocycles. The number of anilines is 1. The van der Waals surface area contributed by atoms with Gasteiger partial charge in [-0.3, -0.25) is 9.69 Å². The number of benzene rings is 2. The predicted molar refractivity (Wildman–Crippen MR) is 101 cm³/mol. The lowest BCUT2D eigenvalue weighted by Crippen LogP contribution is -2.29. The van der Waals surface area contributed by atoms with E-state index >= 15 is 0 Å². The maximum absolute atomic E-state index is 12.7. The molecule has 128 valence electrons. The van der Waals surface area contributed by atoms with Crippen molar-refractivity contribution in [1.82, 2.24) is 10.2 Å². The molecule has 0 bridgehead atoms. The third-order valence-electron chi connectivity index (χ3n) is 4.00. The molecule has 0 aliphatic carbocycles. The number of rotatable bonds is 3. The van der Waals surface area contributed by atoms with Gasteiger partial charge >= 0.3 is 0 Å². The zero-order chi connectivity index (χ0) is 18.4. The summed E-state index contributed by atoms with van der Waals surface area (Å²) in [4.78, 5) is 14.4. The Bertz CT molecular complexity index is 943. The van der Waals surface area contributed by atoms with E-state index in [2.05, 4.69) is 28.5 Å². The second kappa shape index (κ2) is 7.92. The smallest absolute Gasteiger partial charge is 0.260 e. The number of nitriles is 1. The van der Waals surface area contributed by atoms with Gasteiger partial charge < -0.3 is 10.6 Å². The summed E-state index contributed by atoms with van der Waals surface area (Å²) in [5.74, 6) is 6.09. The van der Waals surface area contributed by atoms with Crippen LogP contribution in [0.25, 0.3) is 0 Å². The molecule has 3 rings (SSSR count). The highest BCUT2D eigenvalue weighted by Gasteiger charge is 2.20. The number of nitrogens with one attached hydrogen (secondary N) is 2. The van der Waals surface area contributed by atoms with Crippen LogP contribution in [0.3, 0.4) is 0 Å². The second-order valence-electron chi connectivity index (χ2n) is 5.79. The third kappa shape index (κ3) is 3.85. The fourth-order valence-corrected chi connectivity index (χ4v) is 2.63. The van der Waals surface area contributed by atoms with Crippen LogP contribution in [0.2, 0.25) is 0 Å². The van der Waals surface area contributed by atoms with Crippen LogP contribution in [0.15, 0.2) is 54.9 Å². The van der Waals surface area contributed by atoms with Gasteiger partial charge in [0.15, 0.2) is 0 Å². The average Bonchev–Trinajstić information content (AvgIpc) is 3.20. The van der Waals surface area contributed by atoms with E-state index in [1.807, 2.05) is 37.3 Å².